The summed E-state index contributed by atoms with van der Waals surface area (Å²) in [4.78, 5) is 20.7. The fourth-order valence-corrected chi connectivity index (χ4v) is 3.63. The zero-order chi connectivity index (χ0) is 15.8. The lowest BCUT2D eigenvalue weighted by Crippen LogP contribution is -2.53. The van der Waals surface area contributed by atoms with Crippen LogP contribution in [0.3, 0.4) is 0 Å². The molecule has 1 aliphatic rings. The van der Waals surface area contributed by atoms with Gasteiger partial charge in [0.05, 0.1) is 15.7 Å². The molecule has 0 spiro atoms. The number of carboxylic acid groups (broad SMARTS) is 1. The van der Waals surface area contributed by atoms with Crippen molar-refractivity contribution >= 4 is 21.7 Å². The largest absolute Gasteiger partial charge is 0.481 e. The minimum Gasteiger partial charge on any atom is -0.481 e. The highest BCUT2D eigenvalue weighted by Crippen LogP contribution is 2.30. The molecule has 114 valence electrons. The normalized spacial score (nSPS) is 18.0. The average molecular weight is 314 g/mol. The summed E-state index contributed by atoms with van der Waals surface area (Å²) in [6.45, 7) is 1.84. The van der Waals surface area contributed by atoms with Crippen LogP contribution >= 0.6 is 0 Å². The quantitative estimate of drug-likeness (QED) is 0.638. The Hall–Kier alpha value is -2.00. The first-order valence-corrected chi connectivity index (χ1v) is 7.65. The van der Waals surface area contributed by atoms with Gasteiger partial charge in [-0.2, -0.15) is 4.31 Å². The Morgan fingerprint density at radius 3 is 2.33 bits per heavy atom. The van der Waals surface area contributed by atoms with E-state index in [9.17, 15) is 23.3 Å². The zero-order valence-corrected chi connectivity index (χ0v) is 12.0. The monoisotopic (exact) mass is 314 g/mol. The number of nitrogens with zero attached hydrogens (tertiary/aromatic N) is 2. The highest BCUT2D eigenvalue weighted by atomic mass is 32.2. The van der Waals surface area contributed by atoms with Crippen LogP contribution in [0.15, 0.2) is 29.2 Å². The van der Waals surface area contributed by atoms with Crippen molar-refractivity contribution in [1.82, 2.24) is 4.31 Å². The van der Waals surface area contributed by atoms with E-state index in [1.54, 1.807) is 6.92 Å². The predicted molar refractivity (Wildman–Crippen MR) is 72.1 cm³/mol. The number of nitro groups is 1. The van der Waals surface area contributed by atoms with Gasteiger partial charge in [-0.15, -0.1) is 0 Å². The van der Waals surface area contributed by atoms with Crippen LogP contribution in [0, 0.1) is 22.0 Å². The lowest BCUT2D eigenvalue weighted by atomic mass is 9.89. The third-order valence-corrected chi connectivity index (χ3v) is 5.50. The van der Waals surface area contributed by atoms with Crippen LogP contribution in [-0.4, -0.2) is 41.8 Å². The second-order valence-corrected chi connectivity index (χ2v) is 6.90. The van der Waals surface area contributed by atoms with Crippen LogP contribution in [0.25, 0.3) is 0 Å². The van der Waals surface area contributed by atoms with Gasteiger partial charge in [0.25, 0.3) is 5.69 Å². The topological polar surface area (TPSA) is 118 Å². The Morgan fingerprint density at radius 1 is 1.38 bits per heavy atom. The van der Waals surface area contributed by atoms with Gasteiger partial charge in [-0.05, 0) is 18.1 Å². The number of benzene rings is 1. The Morgan fingerprint density at radius 2 is 1.90 bits per heavy atom. The van der Waals surface area contributed by atoms with Crippen molar-refractivity contribution in [3.63, 3.8) is 0 Å². The Kier molecular flexibility index (Phi) is 3.97. The summed E-state index contributed by atoms with van der Waals surface area (Å²) in [5, 5.41) is 19.4. The predicted octanol–water partition coefficient (Wildman–Crippen LogP) is 0.936. The molecule has 8 nitrogen and oxygen atoms in total. The van der Waals surface area contributed by atoms with Crippen LogP contribution in [0.5, 0.6) is 0 Å². The zero-order valence-electron chi connectivity index (χ0n) is 11.2. The van der Waals surface area contributed by atoms with Crippen LogP contribution in [-0.2, 0) is 14.8 Å². The smallest absolute Gasteiger partial charge is 0.306 e. The molecule has 1 unspecified atom stereocenters. The van der Waals surface area contributed by atoms with E-state index in [0.717, 1.165) is 12.1 Å². The molecule has 1 aromatic rings. The first-order valence-electron chi connectivity index (χ1n) is 6.21. The summed E-state index contributed by atoms with van der Waals surface area (Å²) >= 11 is 0. The van der Waals surface area contributed by atoms with E-state index in [1.165, 1.54) is 16.4 Å². The molecule has 1 aromatic carbocycles. The third-order valence-electron chi connectivity index (χ3n) is 3.66. The molecule has 0 aromatic heterocycles. The second kappa shape index (κ2) is 5.41. The molecule has 0 bridgehead atoms. The van der Waals surface area contributed by atoms with Gasteiger partial charge < -0.3 is 5.11 Å². The van der Waals surface area contributed by atoms with Crippen molar-refractivity contribution in [1.29, 1.82) is 0 Å². The summed E-state index contributed by atoms with van der Waals surface area (Å²) in [7, 11) is -3.72. The highest BCUT2D eigenvalue weighted by Gasteiger charge is 2.41. The summed E-state index contributed by atoms with van der Waals surface area (Å²) in [5.74, 6) is -1.77. The van der Waals surface area contributed by atoms with Gasteiger partial charge in [-0.1, -0.05) is 6.92 Å². The molecule has 2 rings (SSSR count). The van der Waals surface area contributed by atoms with Gasteiger partial charge >= 0.3 is 5.97 Å². The molecule has 0 saturated carbocycles. The van der Waals surface area contributed by atoms with Crippen LogP contribution < -0.4 is 0 Å². The number of aliphatic carboxylic acids is 1. The molecule has 1 aliphatic heterocycles. The van der Waals surface area contributed by atoms with Crippen molar-refractivity contribution in [2.75, 3.05) is 13.1 Å². The summed E-state index contributed by atoms with van der Waals surface area (Å²) in [6.07, 6.45) is 0. The number of non-ortho nitro benzene ring substituents is 1. The van der Waals surface area contributed by atoms with Crippen molar-refractivity contribution in [2.24, 2.45) is 11.8 Å². The van der Waals surface area contributed by atoms with Gasteiger partial charge in [0.15, 0.2) is 0 Å². The molecule has 1 heterocycles. The van der Waals surface area contributed by atoms with Crippen molar-refractivity contribution in [2.45, 2.75) is 11.8 Å². The van der Waals surface area contributed by atoms with Gasteiger partial charge in [0.2, 0.25) is 10.0 Å². The number of carbonyl (C=O) groups is 1. The van der Waals surface area contributed by atoms with E-state index in [0.29, 0.717) is 0 Å². The first kappa shape index (κ1) is 15.4. The SMILES string of the molecule is CC(C(=O)O)C1CN(S(=O)(=O)c2ccc([N+](=O)[O-])cc2)C1. The van der Waals surface area contributed by atoms with Gasteiger partial charge in [0.1, 0.15) is 0 Å². The number of nitro benzene ring substituents is 1. The number of sulfonamides is 1. The van der Waals surface area contributed by atoms with Crippen LogP contribution in [0.1, 0.15) is 6.92 Å². The lowest BCUT2D eigenvalue weighted by Gasteiger charge is -2.39. The molecular formula is C12H14N2O6S. The number of hydrogen-bond acceptors (Lipinski definition) is 5. The molecule has 1 saturated heterocycles. The molecule has 21 heavy (non-hydrogen) atoms. The maximum atomic E-state index is 12.2. The first-order chi connectivity index (χ1) is 9.73. The fraction of sp³-hybridized carbons (Fsp3) is 0.417. The summed E-state index contributed by atoms with van der Waals surface area (Å²) < 4.78 is 25.7. The summed E-state index contributed by atoms with van der Waals surface area (Å²) in [6, 6.07) is 4.62. The van der Waals surface area contributed by atoms with Crippen molar-refractivity contribution in [3.05, 3.63) is 34.4 Å². The molecule has 0 radical (unpaired) electrons. The standard InChI is InChI=1S/C12H14N2O6S/c1-8(12(15)16)9-6-13(7-9)21(19,20)11-4-2-10(3-5-11)14(17)18/h2-5,8-9H,6-7H2,1H3,(H,15,16). The van der Waals surface area contributed by atoms with E-state index >= 15 is 0 Å². The van der Waals surface area contributed by atoms with Gasteiger partial charge in [-0.25, -0.2) is 8.42 Å². The minimum absolute atomic E-state index is 0.0328. The molecule has 1 fully saturated rings. The Balaban J connectivity index is 2.10. The Labute approximate surface area is 121 Å². The van der Waals surface area contributed by atoms with Crippen molar-refractivity contribution < 1.29 is 23.2 Å². The van der Waals surface area contributed by atoms with E-state index in [2.05, 4.69) is 0 Å². The van der Waals surface area contributed by atoms with E-state index in [-0.39, 0.29) is 29.6 Å². The maximum absolute atomic E-state index is 12.2. The average Bonchev–Trinajstić information content (AvgIpc) is 2.36. The fourth-order valence-electron chi connectivity index (χ4n) is 2.07. The van der Waals surface area contributed by atoms with Crippen LogP contribution in [0.4, 0.5) is 5.69 Å². The maximum Gasteiger partial charge on any atom is 0.306 e. The highest BCUT2D eigenvalue weighted by molar-refractivity contribution is 7.89. The molecule has 1 atom stereocenters. The molecule has 0 aliphatic carbocycles. The van der Waals surface area contributed by atoms with Crippen LogP contribution in [0.2, 0.25) is 0 Å². The number of carboxylic acids is 1. The third kappa shape index (κ3) is 2.88. The van der Waals surface area contributed by atoms with E-state index < -0.39 is 26.8 Å². The Bertz CT molecular complexity index is 663. The molecule has 0 amide bonds. The second-order valence-electron chi connectivity index (χ2n) is 4.96. The minimum atomic E-state index is -3.72. The van der Waals surface area contributed by atoms with Crippen molar-refractivity contribution in [3.8, 4) is 0 Å². The molecular weight excluding hydrogens is 300 g/mol. The van der Waals surface area contributed by atoms with E-state index in [4.69, 9.17) is 5.11 Å². The molecule has 1 N–H and O–H groups in total. The lowest BCUT2D eigenvalue weighted by molar-refractivity contribution is -0.384. The molecule has 9 heteroatoms. The van der Waals surface area contributed by atoms with E-state index in [1.807, 2.05) is 0 Å². The van der Waals surface area contributed by atoms with Gasteiger partial charge in [-0.3, -0.25) is 14.9 Å². The van der Waals surface area contributed by atoms with Gasteiger partial charge in [0, 0.05) is 25.2 Å². The number of hydrogen-bond donors (Lipinski definition) is 1. The number of rotatable bonds is 5. The summed E-state index contributed by atoms with van der Waals surface area (Å²) in [5.41, 5.74) is -0.185.